The van der Waals surface area contributed by atoms with Crippen LogP contribution < -0.4 is 0 Å². The Labute approximate surface area is 346 Å². The third-order valence-corrected chi connectivity index (χ3v) is 15.8. The van der Waals surface area contributed by atoms with E-state index < -0.39 is 35.4 Å². The molecule has 4 aliphatic heterocycles. The fourth-order valence-corrected chi connectivity index (χ4v) is 13.5. The molecule has 0 aromatic carbocycles. The van der Waals surface area contributed by atoms with Gasteiger partial charge in [0.1, 0.15) is 24.2 Å². The molecular formula is C46H71N3O9. The van der Waals surface area contributed by atoms with Crippen LogP contribution in [0.1, 0.15) is 148 Å². The van der Waals surface area contributed by atoms with E-state index in [1.54, 1.807) is 7.11 Å². The lowest BCUT2D eigenvalue weighted by atomic mass is 9.59. The van der Waals surface area contributed by atoms with E-state index in [1.165, 1.54) is 17.7 Å². The molecule has 3 amide bonds. The number of aliphatic hydroxyl groups is 1. The van der Waals surface area contributed by atoms with Crippen molar-refractivity contribution in [3.63, 3.8) is 0 Å². The van der Waals surface area contributed by atoms with E-state index in [-0.39, 0.29) is 74.3 Å². The van der Waals surface area contributed by atoms with E-state index in [2.05, 4.69) is 4.90 Å². The van der Waals surface area contributed by atoms with Crippen LogP contribution in [-0.4, -0.2) is 121 Å². The van der Waals surface area contributed by atoms with Crippen molar-refractivity contribution >= 4 is 23.9 Å². The number of fused-ring (bicyclic) bond motifs is 2. The predicted molar refractivity (Wildman–Crippen MR) is 216 cm³/mol. The first-order valence-corrected chi connectivity index (χ1v) is 23.6. The first kappa shape index (κ1) is 42.2. The predicted octanol–water partition coefficient (Wildman–Crippen LogP) is 6.91. The van der Waals surface area contributed by atoms with Crippen LogP contribution in [0.2, 0.25) is 0 Å². The van der Waals surface area contributed by atoms with Crippen LogP contribution in [0.25, 0.3) is 0 Å². The van der Waals surface area contributed by atoms with Crippen LogP contribution in [0.3, 0.4) is 0 Å². The molecule has 3 saturated heterocycles. The molecule has 4 aliphatic carbocycles. The molecule has 0 aromatic rings. The van der Waals surface area contributed by atoms with Gasteiger partial charge in [-0.2, -0.15) is 0 Å². The molecule has 6 fully saturated rings. The monoisotopic (exact) mass is 810 g/mol. The second-order valence-electron chi connectivity index (χ2n) is 18.9. The number of hydrogen-bond donors (Lipinski definition) is 1. The van der Waals surface area contributed by atoms with Crippen LogP contribution in [0.15, 0.2) is 11.3 Å². The molecule has 0 bridgehead atoms. The number of rotatable bonds is 10. The molecule has 1 N–H and O–H groups in total. The highest BCUT2D eigenvalue weighted by atomic mass is 16.6. The summed E-state index contributed by atoms with van der Waals surface area (Å²) in [6.07, 6.45) is 20.7. The van der Waals surface area contributed by atoms with E-state index >= 15 is 14.4 Å². The van der Waals surface area contributed by atoms with E-state index in [0.717, 1.165) is 128 Å². The zero-order chi connectivity index (χ0) is 40.2. The van der Waals surface area contributed by atoms with Crippen molar-refractivity contribution in [2.45, 2.75) is 178 Å². The van der Waals surface area contributed by atoms with Crippen LogP contribution in [0.4, 0.5) is 4.79 Å². The largest absolute Gasteiger partial charge is 0.459 e. The molecule has 8 rings (SSSR count). The molecule has 4 heterocycles. The molecule has 324 valence electrons. The number of aliphatic hydroxyl groups excluding tert-OH is 1. The Morgan fingerprint density at radius 1 is 0.759 bits per heavy atom. The molecule has 0 aromatic heterocycles. The van der Waals surface area contributed by atoms with Gasteiger partial charge >= 0.3 is 12.1 Å². The van der Waals surface area contributed by atoms with Gasteiger partial charge in [-0.1, -0.05) is 70.6 Å². The number of hydrogen-bond acceptors (Lipinski definition) is 10. The maximum atomic E-state index is 16.3. The molecule has 12 nitrogen and oxygen atoms in total. The highest BCUT2D eigenvalue weighted by Crippen LogP contribution is 2.65. The van der Waals surface area contributed by atoms with Gasteiger partial charge in [-0.05, 0) is 94.5 Å². The average molecular weight is 810 g/mol. The lowest BCUT2D eigenvalue weighted by Gasteiger charge is -2.54. The SMILES string of the molecule is COCCOC(=O)N1C(=O)[C@@]2(C3=C1CCCC3)[C@H](C(=O)N1CCCCCCC1)[C@H]1C(=O)O[C@H](C3CCCCC3)[C@H](C3CCCCC3)N1[C@@H]2C1CCCCC1OCCO. The summed E-state index contributed by atoms with van der Waals surface area (Å²) in [4.78, 5) is 67.8. The fraction of sp³-hybridized carbons (Fsp3) is 0.870. The molecule has 1 spiro atoms. The molecule has 8 aliphatic rings. The summed E-state index contributed by atoms with van der Waals surface area (Å²) in [5.74, 6) is -1.70. The summed E-state index contributed by atoms with van der Waals surface area (Å²) in [5.41, 5.74) is 0.0632. The minimum atomic E-state index is -1.48. The van der Waals surface area contributed by atoms with E-state index in [0.29, 0.717) is 31.6 Å². The van der Waals surface area contributed by atoms with Crippen LogP contribution in [0.5, 0.6) is 0 Å². The molecule has 3 saturated carbocycles. The Morgan fingerprint density at radius 3 is 2.10 bits per heavy atom. The Bertz CT molecular complexity index is 1500. The Hall–Kier alpha value is -2.54. The second kappa shape index (κ2) is 19.0. The normalized spacial score (nSPS) is 35.7. The summed E-state index contributed by atoms with van der Waals surface area (Å²) in [6.45, 7) is 1.44. The van der Waals surface area contributed by atoms with Crippen LogP contribution in [0, 0.1) is 29.1 Å². The molecule has 12 heteroatoms. The maximum absolute atomic E-state index is 16.3. The highest BCUT2D eigenvalue weighted by Gasteiger charge is 2.77. The van der Waals surface area contributed by atoms with Crippen LogP contribution >= 0.6 is 0 Å². The minimum absolute atomic E-state index is 0.00187. The number of carbonyl (C=O) groups is 4. The minimum Gasteiger partial charge on any atom is -0.459 e. The molecule has 8 atom stereocenters. The third kappa shape index (κ3) is 7.67. The van der Waals surface area contributed by atoms with Crippen molar-refractivity contribution in [1.29, 1.82) is 0 Å². The van der Waals surface area contributed by atoms with Crippen molar-refractivity contribution in [3.05, 3.63) is 11.3 Å². The number of ether oxygens (including phenoxy) is 4. The lowest BCUT2D eigenvalue weighted by Crippen LogP contribution is -2.66. The number of esters is 1. The van der Waals surface area contributed by atoms with Gasteiger partial charge in [-0.25, -0.2) is 9.69 Å². The van der Waals surface area contributed by atoms with Crippen molar-refractivity contribution in [1.82, 2.24) is 14.7 Å². The Kier molecular flexibility index (Phi) is 13.8. The number of cyclic esters (lactones) is 1. The third-order valence-electron chi connectivity index (χ3n) is 15.8. The summed E-state index contributed by atoms with van der Waals surface area (Å²) in [7, 11) is 1.55. The van der Waals surface area contributed by atoms with E-state index in [9.17, 15) is 9.90 Å². The van der Waals surface area contributed by atoms with Gasteiger partial charge in [0.05, 0.1) is 37.9 Å². The van der Waals surface area contributed by atoms with Gasteiger partial charge < -0.3 is 29.0 Å². The first-order valence-electron chi connectivity index (χ1n) is 23.6. The van der Waals surface area contributed by atoms with E-state index in [1.807, 2.05) is 4.90 Å². The second-order valence-corrected chi connectivity index (χ2v) is 18.9. The van der Waals surface area contributed by atoms with Gasteiger partial charge in [0.2, 0.25) is 11.8 Å². The summed E-state index contributed by atoms with van der Waals surface area (Å²) in [6, 6.07) is -1.68. The van der Waals surface area contributed by atoms with Crippen molar-refractivity contribution < 1.29 is 43.2 Å². The highest BCUT2D eigenvalue weighted by molar-refractivity contribution is 6.07. The number of allylic oxidation sites excluding steroid dienone is 1. The fourth-order valence-electron chi connectivity index (χ4n) is 13.5. The maximum Gasteiger partial charge on any atom is 0.421 e. The van der Waals surface area contributed by atoms with Gasteiger partial charge in [-0.3, -0.25) is 19.3 Å². The number of imide groups is 1. The topological polar surface area (TPSA) is 135 Å². The van der Waals surface area contributed by atoms with Crippen molar-refractivity contribution in [2.24, 2.45) is 29.1 Å². The van der Waals surface area contributed by atoms with Gasteiger partial charge in [-0.15, -0.1) is 0 Å². The summed E-state index contributed by atoms with van der Waals surface area (Å²) < 4.78 is 24.5. The van der Waals surface area contributed by atoms with E-state index in [4.69, 9.17) is 18.9 Å². The zero-order valence-corrected chi connectivity index (χ0v) is 35.3. The first-order chi connectivity index (χ1) is 28.4. The number of likely N-dealkylation sites (tertiary alicyclic amines) is 1. The summed E-state index contributed by atoms with van der Waals surface area (Å²) in [5, 5.41) is 10.1. The quantitative estimate of drug-likeness (QED) is 0.183. The van der Waals surface area contributed by atoms with Gasteiger partial charge in [0.15, 0.2) is 0 Å². The van der Waals surface area contributed by atoms with Crippen molar-refractivity contribution in [3.8, 4) is 0 Å². The van der Waals surface area contributed by atoms with Crippen LogP contribution in [-0.2, 0) is 33.3 Å². The Balaban J connectivity index is 1.37. The molecular weight excluding hydrogens is 739 g/mol. The Morgan fingerprint density at radius 2 is 1.40 bits per heavy atom. The molecule has 2 unspecified atom stereocenters. The van der Waals surface area contributed by atoms with Crippen molar-refractivity contribution in [2.75, 3.05) is 46.6 Å². The summed E-state index contributed by atoms with van der Waals surface area (Å²) >= 11 is 0. The number of nitrogens with zero attached hydrogens (tertiary/aromatic N) is 3. The number of amides is 3. The standard InChI is InChI=1S/C46H71N3O9/c1-55-29-30-57-45(54)48-35-23-13-12-22-34(35)46(44(48)53)37(42(51)47-25-15-3-2-4-16-26-47)39-43(52)58-40(32-19-9-6-10-20-32)38(31-17-7-5-8-18-31)49(39)41(46)33-21-11-14-24-36(33)56-28-27-50/h31-33,36-41,50H,2-30H2,1H3/t33?,36?,37-,38-,39-,40+,41+,46-/m0/s1. The average Bonchev–Trinajstić information content (AvgIpc) is 3.69. The van der Waals surface area contributed by atoms with Gasteiger partial charge in [0, 0.05) is 37.9 Å². The smallest absolute Gasteiger partial charge is 0.421 e. The lowest BCUT2D eigenvalue weighted by molar-refractivity contribution is -0.193. The number of carbonyl (C=O) groups excluding carboxylic acids is 4. The molecule has 0 radical (unpaired) electrons. The number of morpholine rings is 1. The molecule has 58 heavy (non-hydrogen) atoms. The number of methoxy groups -OCH3 is 1. The van der Waals surface area contributed by atoms with Gasteiger partial charge in [0.25, 0.3) is 0 Å². The zero-order valence-electron chi connectivity index (χ0n) is 35.3.